The largest absolute Gasteiger partial charge is 0.456 e. The van der Waals surface area contributed by atoms with Gasteiger partial charge in [0.2, 0.25) is 0 Å². The van der Waals surface area contributed by atoms with Crippen LogP contribution in [0.4, 0.5) is 0 Å². The van der Waals surface area contributed by atoms with Crippen molar-refractivity contribution in [1.29, 1.82) is 0 Å². The third kappa shape index (κ3) is 4.65. The first-order valence-electron chi connectivity index (χ1n) is 16.5. The van der Waals surface area contributed by atoms with Gasteiger partial charge in [0, 0.05) is 49.9 Å². The Bertz CT molecular complexity index is 2760. The van der Waals surface area contributed by atoms with Crippen molar-refractivity contribution in [3.05, 3.63) is 166 Å². The second kappa shape index (κ2) is 11.6. The van der Waals surface area contributed by atoms with Gasteiger partial charge in [0.15, 0.2) is 0 Å². The van der Waals surface area contributed by atoms with E-state index >= 15 is 0 Å². The number of fused-ring (bicyclic) bond motifs is 5. The number of rotatable bonds is 5. The van der Waals surface area contributed by atoms with Crippen molar-refractivity contribution < 1.29 is 4.42 Å². The molecule has 0 bridgehead atoms. The highest BCUT2D eigenvalue weighted by atomic mass is 16.3. The van der Waals surface area contributed by atoms with Gasteiger partial charge >= 0.3 is 0 Å². The number of furan rings is 1. The Hall–Kier alpha value is -6.13. The zero-order valence-electron chi connectivity index (χ0n) is 26.6. The molecule has 0 spiro atoms. The molecule has 9 rings (SSSR count). The first kappa shape index (κ1) is 28.1. The first-order valence-corrected chi connectivity index (χ1v) is 16.5. The van der Waals surface area contributed by atoms with E-state index in [-0.39, 0.29) is 5.92 Å². The lowest BCUT2D eigenvalue weighted by atomic mass is 9.91. The van der Waals surface area contributed by atoms with Gasteiger partial charge in [0.25, 0.3) is 0 Å². The van der Waals surface area contributed by atoms with Gasteiger partial charge < -0.3 is 8.98 Å². The van der Waals surface area contributed by atoms with E-state index in [0.717, 1.165) is 50.4 Å². The summed E-state index contributed by atoms with van der Waals surface area (Å²) in [5, 5.41) is 5.96. The number of allylic oxidation sites excluding steroid dienone is 2. The van der Waals surface area contributed by atoms with Gasteiger partial charge in [-0.3, -0.25) is 4.57 Å². The molecule has 8 aromatic rings. The Morgan fingerprint density at radius 1 is 0.771 bits per heavy atom. The Morgan fingerprint density at radius 3 is 2.35 bits per heavy atom. The van der Waals surface area contributed by atoms with E-state index < -0.39 is 0 Å². The van der Waals surface area contributed by atoms with E-state index in [0.29, 0.717) is 0 Å². The van der Waals surface area contributed by atoms with Crippen LogP contribution in [0, 0.1) is 0 Å². The van der Waals surface area contributed by atoms with E-state index in [9.17, 15) is 0 Å². The topological polar surface area (TPSA) is 35.9 Å². The fourth-order valence-corrected chi connectivity index (χ4v) is 7.18. The highest BCUT2D eigenvalue weighted by molar-refractivity contribution is 5.87. The minimum Gasteiger partial charge on any atom is -0.456 e. The maximum absolute atomic E-state index is 6.52. The highest BCUT2D eigenvalue weighted by Crippen LogP contribution is 2.28. The van der Waals surface area contributed by atoms with Crippen LogP contribution in [0.15, 0.2) is 144 Å². The van der Waals surface area contributed by atoms with Gasteiger partial charge in [-0.2, -0.15) is 0 Å². The van der Waals surface area contributed by atoms with Crippen LogP contribution in [0.3, 0.4) is 0 Å². The van der Waals surface area contributed by atoms with Crippen LogP contribution in [0.25, 0.3) is 74.4 Å². The van der Waals surface area contributed by atoms with Crippen molar-refractivity contribution >= 4 is 57.3 Å². The Kier molecular flexibility index (Phi) is 6.79. The summed E-state index contributed by atoms with van der Waals surface area (Å²) in [6.07, 6.45) is 14.1. The number of hydrogen-bond donors (Lipinski definition) is 0. The molecule has 4 heteroatoms. The molecule has 0 saturated carbocycles. The maximum Gasteiger partial charge on any atom is 0.145 e. The van der Waals surface area contributed by atoms with Crippen molar-refractivity contribution in [1.82, 2.24) is 14.1 Å². The fourth-order valence-electron chi connectivity index (χ4n) is 7.18. The van der Waals surface area contributed by atoms with Crippen LogP contribution in [-0.2, 0) is 0 Å². The minimum atomic E-state index is 0.233. The molecular formula is C44H33N3O. The predicted molar refractivity (Wildman–Crippen MR) is 199 cm³/mol. The highest BCUT2D eigenvalue weighted by Gasteiger charge is 2.18. The van der Waals surface area contributed by atoms with E-state index in [2.05, 4.69) is 149 Å². The molecule has 0 radical (unpaired) electrons. The quantitative estimate of drug-likeness (QED) is 0.197. The summed E-state index contributed by atoms with van der Waals surface area (Å²) in [6.45, 7) is 2.02. The smallest absolute Gasteiger partial charge is 0.145 e. The van der Waals surface area contributed by atoms with E-state index in [1.54, 1.807) is 0 Å². The number of nitrogens with zero attached hydrogens (tertiary/aromatic N) is 3. The summed E-state index contributed by atoms with van der Waals surface area (Å²) >= 11 is 0. The molecule has 0 aliphatic heterocycles. The van der Waals surface area contributed by atoms with Gasteiger partial charge in [-0.15, -0.1) is 0 Å². The van der Waals surface area contributed by atoms with Crippen molar-refractivity contribution in [3.8, 4) is 17.1 Å². The van der Waals surface area contributed by atoms with Crippen LogP contribution in [-0.4, -0.2) is 14.1 Å². The average molecular weight is 620 g/mol. The summed E-state index contributed by atoms with van der Waals surface area (Å²) in [5.41, 5.74) is 8.45. The van der Waals surface area contributed by atoms with Crippen LogP contribution in [0.5, 0.6) is 0 Å². The third-order valence-corrected chi connectivity index (χ3v) is 9.43. The molecule has 4 nitrogen and oxygen atoms in total. The maximum atomic E-state index is 6.52. The van der Waals surface area contributed by atoms with Crippen molar-refractivity contribution in [2.75, 3.05) is 0 Å². The first-order chi connectivity index (χ1) is 23.8. The van der Waals surface area contributed by atoms with Crippen LogP contribution in [0.1, 0.15) is 24.8 Å². The second-order valence-electron chi connectivity index (χ2n) is 12.3. The molecule has 1 unspecified atom stereocenters. The normalized spacial score (nSPS) is 15.4. The van der Waals surface area contributed by atoms with E-state index in [1.165, 1.54) is 32.7 Å². The summed E-state index contributed by atoms with van der Waals surface area (Å²) in [5.74, 6) is 1.13. The van der Waals surface area contributed by atoms with Crippen LogP contribution >= 0.6 is 0 Å². The molecule has 0 fully saturated rings. The molecule has 0 N–H and O–H groups in total. The minimum absolute atomic E-state index is 0.233. The third-order valence-electron chi connectivity index (χ3n) is 9.43. The molecule has 0 saturated heterocycles. The molecule has 3 aromatic heterocycles. The molecule has 0 amide bonds. The van der Waals surface area contributed by atoms with Gasteiger partial charge in [-0.25, -0.2) is 4.98 Å². The standard InChI is InChI=1S/C44H33N3O/c1-2-3-22-42-37(29-46-41-21-13-11-19-38(41)45-44(46)30-14-6-4-7-15-30)36-28-32(24-26-43(36)48-42)31-23-25-40-35(27-31)34-18-10-12-20-39(34)47(40)33-16-8-5-9-17-33/h2-22,24-29,31H,23H2,1H3/b3-2-,37-29?,42-22+. The molecule has 1 aliphatic rings. The van der Waals surface area contributed by atoms with Crippen LogP contribution < -0.4 is 21.2 Å². The van der Waals surface area contributed by atoms with Crippen molar-refractivity contribution in [3.63, 3.8) is 0 Å². The number of aromatic nitrogens is 3. The van der Waals surface area contributed by atoms with Gasteiger partial charge in [0.05, 0.1) is 16.6 Å². The molecule has 230 valence electrons. The SMILES string of the molecule is C/C=C\C=c1\oc2ccc(C3C=c4c(n(-c5ccccc5)c5ccccc45)=CC3)cc2c1=Cn1c(-c2ccccc2)nc2ccccc21. The molecule has 5 aromatic carbocycles. The van der Waals surface area contributed by atoms with Gasteiger partial charge in [-0.1, -0.05) is 109 Å². The van der Waals surface area contributed by atoms with Crippen LogP contribution in [0.2, 0.25) is 0 Å². The molecule has 3 heterocycles. The Labute approximate surface area is 277 Å². The van der Waals surface area contributed by atoms with Crippen molar-refractivity contribution in [2.45, 2.75) is 19.3 Å². The lowest BCUT2D eigenvalue weighted by Crippen LogP contribution is -2.31. The number of imidazole rings is 1. The lowest BCUT2D eigenvalue weighted by Gasteiger charge is -2.15. The predicted octanol–water partition coefficient (Wildman–Crippen LogP) is 7.78. The number of hydrogen-bond acceptors (Lipinski definition) is 2. The zero-order chi connectivity index (χ0) is 32.0. The second-order valence-corrected chi connectivity index (χ2v) is 12.3. The lowest BCUT2D eigenvalue weighted by molar-refractivity contribution is 0.575. The summed E-state index contributed by atoms with van der Waals surface area (Å²) in [6, 6.07) is 44.8. The Balaban J connectivity index is 1.26. The van der Waals surface area contributed by atoms with Gasteiger partial charge in [0.1, 0.15) is 16.8 Å². The van der Waals surface area contributed by atoms with E-state index in [1.807, 2.05) is 31.2 Å². The zero-order valence-corrected chi connectivity index (χ0v) is 26.6. The van der Waals surface area contributed by atoms with Gasteiger partial charge in [-0.05, 0) is 67.4 Å². The summed E-state index contributed by atoms with van der Waals surface area (Å²) in [7, 11) is 0. The monoisotopic (exact) mass is 619 g/mol. The fraction of sp³-hybridized carbons (Fsp3) is 0.0682. The molecule has 48 heavy (non-hydrogen) atoms. The average Bonchev–Trinajstić information content (AvgIpc) is 3.80. The molecule has 1 atom stereocenters. The summed E-state index contributed by atoms with van der Waals surface area (Å²) < 4.78 is 11.1. The number of para-hydroxylation sites is 4. The Morgan fingerprint density at radius 2 is 1.52 bits per heavy atom. The summed E-state index contributed by atoms with van der Waals surface area (Å²) in [4.78, 5) is 5.06. The molecule has 1 aliphatic carbocycles. The van der Waals surface area contributed by atoms with Crippen molar-refractivity contribution in [2.24, 2.45) is 0 Å². The number of benzene rings is 5. The van der Waals surface area contributed by atoms with E-state index in [4.69, 9.17) is 9.40 Å². The molecular weight excluding hydrogens is 587 g/mol.